The molecule has 25 heavy (non-hydrogen) atoms. The minimum atomic E-state index is -0.247. The molecule has 7 heteroatoms. The zero-order chi connectivity index (χ0) is 17.6. The molecule has 0 radical (unpaired) electrons. The van der Waals surface area contributed by atoms with Gasteiger partial charge in [-0.05, 0) is 49.2 Å². The smallest absolute Gasteiger partial charge is 0.321 e. The van der Waals surface area contributed by atoms with Gasteiger partial charge in [-0.25, -0.2) is 14.2 Å². The number of aromatic nitrogens is 1. The first-order valence-corrected chi connectivity index (χ1v) is 8.23. The van der Waals surface area contributed by atoms with Crippen LogP contribution in [0.5, 0.6) is 5.88 Å². The van der Waals surface area contributed by atoms with E-state index in [4.69, 9.17) is 4.74 Å². The number of nitrogens with zero attached hydrogens (tertiary/aromatic N) is 2. The number of carbonyl (C=O) groups is 1. The first-order valence-electron chi connectivity index (χ1n) is 8.23. The van der Waals surface area contributed by atoms with Gasteiger partial charge < -0.3 is 20.3 Å². The Bertz CT molecular complexity index is 715. The summed E-state index contributed by atoms with van der Waals surface area (Å²) in [6.45, 7) is 1.29. The molecule has 2 aromatic rings. The zero-order valence-corrected chi connectivity index (χ0v) is 14.0. The number of urea groups is 1. The van der Waals surface area contributed by atoms with Crippen LogP contribution in [0.3, 0.4) is 0 Å². The van der Waals surface area contributed by atoms with E-state index in [1.165, 1.54) is 19.2 Å². The van der Waals surface area contributed by atoms with Crippen LogP contribution in [0, 0.1) is 5.82 Å². The average molecular weight is 344 g/mol. The van der Waals surface area contributed by atoms with Gasteiger partial charge in [0.25, 0.3) is 0 Å². The van der Waals surface area contributed by atoms with Crippen LogP contribution in [0.25, 0.3) is 0 Å². The molecule has 6 nitrogen and oxygen atoms in total. The number of benzene rings is 1. The lowest BCUT2D eigenvalue weighted by Gasteiger charge is -2.33. The molecule has 0 unspecified atom stereocenters. The third kappa shape index (κ3) is 4.37. The maximum atomic E-state index is 12.9. The summed E-state index contributed by atoms with van der Waals surface area (Å²) in [6, 6.07) is 9.93. The van der Waals surface area contributed by atoms with Crippen LogP contribution in [0.4, 0.5) is 20.6 Å². The molecule has 1 aromatic heterocycles. The van der Waals surface area contributed by atoms with Crippen molar-refractivity contribution in [2.24, 2.45) is 0 Å². The molecular weight excluding hydrogens is 323 g/mol. The fraction of sp³-hybridized carbons (Fsp3) is 0.333. The molecule has 1 saturated heterocycles. The molecule has 0 saturated carbocycles. The highest BCUT2D eigenvalue weighted by Crippen LogP contribution is 2.22. The van der Waals surface area contributed by atoms with E-state index in [1.54, 1.807) is 35.4 Å². The Balaban J connectivity index is 1.51. The van der Waals surface area contributed by atoms with Crippen molar-refractivity contribution >= 4 is 17.4 Å². The highest BCUT2D eigenvalue weighted by atomic mass is 19.1. The number of halogens is 1. The third-order valence-corrected chi connectivity index (χ3v) is 4.20. The second-order valence-corrected chi connectivity index (χ2v) is 5.90. The number of hydrogen-bond acceptors (Lipinski definition) is 4. The summed E-state index contributed by atoms with van der Waals surface area (Å²) in [4.78, 5) is 18.2. The monoisotopic (exact) mass is 344 g/mol. The van der Waals surface area contributed by atoms with Gasteiger partial charge in [0.05, 0.1) is 7.11 Å². The lowest BCUT2D eigenvalue weighted by Crippen LogP contribution is -2.44. The number of likely N-dealkylation sites (tertiary alicyclic amines) is 1. The minimum Gasteiger partial charge on any atom is -0.480 e. The summed E-state index contributed by atoms with van der Waals surface area (Å²) in [5.41, 5.74) is 1.45. The Morgan fingerprint density at radius 2 is 1.96 bits per heavy atom. The summed E-state index contributed by atoms with van der Waals surface area (Å²) >= 11 is 0. The lowest BCUT2D eigenvalue weighted by molar-refractivity contribution is 0.197. The van der Waals surface area contributed by atoms with Crippen LogP contribution < -0.4 is 15.4 Å². The molecule has 2 amide bonds. The second kappa shape index (κ2) is 7.83. The Morgan fingerprint density at radius 1 is 1.24 bits per heavy atom. The normalized spacial score (nSPS) is 14.9. The van der Waals surface area contributed by atoms with Gasteiger partial charge >= 0.3 is 6.03 Å². The number of pyridine rings is 1. The van der Waals surface area contributed by atoms with Gasteiger partial charge in [0.15, 0.2) is 0 Å². The summed E-state index contributed by atoms with van der Waals surface area (Å²) in [7, 11) is 1.52. The number of piperidine rings is 1. The van der Waals surface area contributed by atoms with Crippen molar-refractivity contribution in [3.8, 4) is 5.88 Å². The van der Waals surface area contributed by atoms with E-state index in [-0.39, 0.29) is 17.9 Å². The molecule has 0 spiro atoms. The molecule has 1 aromatic carbocycles. The quantitative estimate of drug-likeness (QED) is 0.893. The van der Waals surface area contributed by atoms with Gasteiger partial charge in [-0.2, -0.15) is 0 Å². The predicted octanol–water partition coefficient (Wildman–Crippen LogP) is 3.34. The average Bonchev–Trinajstić information content (AvgIpc) is 2.64. The number of methoxy groups -OCH3 is 1. The summed E-state index contributed by atoms with van der Waals surface area (Å²) in [5, 5.41) is 6.22. The number of anilines is 2. The van der Waals surface area contributed by atoms with E-state index < -0.39 is 0 Å². The Labute approximate surface area is 146 Å². The molecule has 3 rings (SSSR count). The fourth-order valence-corrected chi connectivity index (χ4v) is 2.85. The number of hydrogen-bond donors (Lipinski definition) is 2. The molecule has 132 valence electrons. The van der Waals surface area contributed by atoms with Gasteiger partial charge in [0.1, 0.15) is 11.5 Å². The maximum Gasteiger partial charge on any atom is 0.321 e. The van der Waals surface area contributed by atoms with Crippen molar-refractivity contribution in [2.45, 2.75) is 18.9 Å². The SMILES string of the molecule is COc1ncccc1NC(=O)N1CCC(Nc2ccc(F)cc2)CC1. The number of nitrogens with one attached hydrogen (secondary N) is 2. The molecule has 2 heterocycles. The molecular formula is C18H21FN4O2. The molecule has 1 fully saturated rings. The molecule has 1 aliphatic rings. The number of carbonyl (C=O) groups excluding carboxylic acids is 1. The Morgan fingerprint density at radius 3 is 2.64 bits per heavy atom. The van der Waals surface area contributed by atoms with Crippen LogP contribution in [-0.4, -0.2) is 42.2 Å². The highest BCUT2D eigenvalue weighted by molar-refractivity contribution is 5.90. The van der Waals surface area contributed by atoms with Crippen LogP contribution >= 0.6 is 0 Å². The standard InChI is InChI=1S/C18H21FN4O2/c1-25-17-16(3-2-10-20-17)22-18(24)23-11-8-15(9-12-23)21-14-6-4-13(19)5-7-14/h2-7,10,15,21H,8-9,11-12H2,1H3,(H,22,24). The van der Waals surface area contributed by atoms with Gasteiger partial charge in [0, 0.05) is 31.0 Å². The summed E-state index contributed by atoms with van der Waals surface area (Å²) in [5.74, 6) is 0.145. The van der Waals surface area contributed by atoms with Crippen molar-refractivity contribution < 1.29 is 13.9 Å². The summed E-state index contributed by atoms with van der Waals surface area (Å²) < 4.78 is 18.1. The number of amides is 2. The van der Waals surface area contributed by atoms with Crippen molar-refractivity contribution in [3.63, 3.8) is 0 Å². The Kier molecular flexibility index (Phi) is 5.33. The number of rotatable bonds is 4. The topological polar surface area (TPSA) is 66.5 Å². The van der Waals surface area contributed by atoms with E-state index in [0.29, 0.717) is 24.7 Å². The molecule has 0 atom stereocenters. The van der Waals surface area contributed by atoms with E-state index >= 15 is 0 Å². The first-order chi connectivity index (χ1) is 12.2. The van der Waals surface area contributed by atoms with Crippen molar-refractivity contribution in [1.29, 1.82) is 0 Å². The van der Waals surface area contributed by atoms with Crippen LogP contribution in [0.2, 0.25) is 0 Å². The van der Waals surface area contributed by atoms with E-state index in [9.17, 15) is 9.18 Å². The van der Waals surface area contributed by atoms with E-state index in [0.717, 1.165) is 18.5 Å². The van der Waals surface area contributed by atoms with E-state index in [1.807, 2.05) is 0 Å². The zero-order valence-electron chi connectivity index (χ0n) is 14.0. The minimum absolute atomic E-state index is 0.161. The molecule has 2 N–H and O–H groups in total. The van der Waals surface area contributed by atoms with Gasteiger partial charge in [0.2, 0.25) is 5.88 Å². The highest BCUT2D eigenvalue weighted by Gasteiger charge is 2.23. The van der Waals surface area contributed by atoms with Crippen molar-refractivity contribution in [2.75, 3.05) is 30.8 Å². The largest absolute Gasteiger partial charge is 0.480 e. The van der Waals surface area contributed by atoms with Crippen LogP contribution in [0.1, 0.15) is 12.8 Å². The molecule has 0 bridgehead atoms. The maximum absolute atomic E-state index is 12.9. The van der Waals surface area contributed by atoms with Gasteiger partial charge in [-0.1, -0.05) is 0 Å². The number of ether oxygens (including phenoxy) is 1. The van der Waals surface area contributed by atoms with E-state index in [2.05, 4.69) is 15.6 Å². The lowest BCUT2D eigenvalue weighted by atomic mass is 10.0. The Hall–Kier alpha value is -2.83. The third-order valence-electron chi connectivity index (χ3n) is 4.20. The fourth-order valence-electron chi connectivity index (χ4n) is 2.85. The van der Waals surface area contributed by atoms with Crippen molar-refractivity contribution in [1.82, 2.24) is 9.88 Å². The van der Waals surface area contributed by atoms with Crippen LogP contribution in [-0.2, 0) is 0 Å². The predicted molar refractivity (Wildman–Crippen MR) is 94.4 cm³/mol. The van der Waals surface area contributed by atoms with Gasteiger partial charge in [-0.3, -0.25) is 0 Å². The van der Waals surface area contributed by atoms with Gasteiger partial charge in [-0.15, -0.1) is 0 Å². The summed E-state index contributed by atoms with van der Waals surface area (Å²) in [6.07, 6.45) is 3.27. The first kappa shape index (κ1) is 17.0. The second-order valence-electron chi connectivity index (χ2n) is 5.90. The molecule has 0 aliphatic carbocycles. The molecule has 1 aliphatic heterocycles. The van der Waals surface area contributed by atoms with Crippen LogP contribution in [0.15, 0.2) is 42.6 Å². The van der Waals surface area contributed by atoms with Crippen molar-refractivity contribution in [3.05, 3.63) is 48.4 Å².